The van der Waals surface area contributed by atoms with E-state index in [1.54, 1.807) is 0 Å². The van der Waals surface area contributed by atoms with Crippen LogP contribution in [-0.4, -0.2) is 0 Å². The van der Waals surface area contributed by atoms with E-state index in [2.05, 4.69) is 169 Å². The van der Waals surface area contributed by atoms with E-state index < -0.39 is 0 Å². The van der Waals surface area contributed by atoms with Crippen LogP contribution in [-0.2, 0) is 10.8 Å². The molecule has 6 aromatic carbocycles. The molecular weight excluding hydrogens is 530 g/mol. The third-order valence-corrected chi connectivity index (χ3v) is 8.59. The van der Waals surface area contributed by atoms with Gasteiger partial charge in [-0.25, -0.2) is 0 Å². The number of rotatable bonds is 4. The van der Waals surface area contributed by atoms with Crippen LogP contribution in [0, 0.1) is 11.3 Å². The maximum atomic E-state index is 10.0. The van der Waals surface area contributed by atoms with Gasteiger partial charge < -0.3 is 0 Å². The van der Waals surface area contributed by atoms with E-state index in [9.17, 15) is 5.26 Å². The maximum Gasteiger partial charge on any atom is 0.0998 e. The number of hydrogen-bond acceptors (Lipinski definition) is 1. The predicted octanol–water partition coefficient (Wildman–Crippen LogP) is 12.0. The van der Waals surface area contributed by atoms with E-state index in [0.29, 0.717) is 5.56 Å². The van der Waals surface area contributed by atoms with E-state index in [-0.39, 0.29) is 10.8 Å². The van der Waals surface area contributed by atoms with Crippen molar-refractivity contribution in [1.29, 1.82) is 5.26 Å². The Morgan fingerprint density at radius 2 is 1.14 bits per heavy atom. The van der Waals surface area contributed by atoms with Gasteiger partial charge in [-0.2, -0.15) is 5.26 Å². The van der Waals surface area contributed by atoms with Crippen LogP contribution in [0.1, 0.15) is 58.2 Å². The van der Waals surface area contributed by atoms with Crippen LogP contribution in [0.4, 0.5) is 0 Å². The second kappa shape index (κ2) is 11.3. The molecule has 0 unspecified atom stereocenters. The molecule has 0 atom stereocenters. The van der Waals surface area contributed by atoms with Crippen molar-refractivity contribution in [3.05, 3.63) is 144 Å². The van der Waals surface area contributed by atoms with Gasteiger partial charge in [0.1, 0.15) is 0 Å². The Balaban J connectivity index is 1.59. The van der Waals surface area contributed by atoms with E-state index in [0.717, 1.165) is 16.5 Å². The highest BCUT2D eigenvalue weighted by molar-refractivity contribution is 6.01. The van der Waals surface area contributed by atoms with Crippen LogP contribution in [0.2, 0.25) is 0 Å². The second-order valence-corrected chi connectivity index (χ2v) is 13.8. The fourth-order valence-electron chi connectivity index (χ4n) is 6.40. The molecule has 0 aliphatic carbocycles. The van der Waals surface area contributed by atoms with Crippen LogP contribution in [0.3, 0.4) is 0 Å². The molecule has 44 heavy (non-hydrogen) atoms. The molecule has 0 N–H and O–H groups in total. The Kier molecular flexibility index (Phi) is 7.48. The van der Waals surface area contributed by atoms with Gasteiger partial charge in [0.05, 0.1) is 11.6 Å². The second-order valence-electron chi connectivity index (χ2n) is 13.8. The molecule has 0 fully saturated rings. The predicted molar refractivity (Wildman–Crippen MR) is 188 cm³/mol. The minimum absolute atomic E-state index is 0.00772. The quantitative estimate of drug-likeness (QED) is 0.207. The molecule has 6 aromatic rings. The summed E-state index contributed by atoms with van der Waals surface area (Å²) in [7, 11) is 0. The standard InChI is InChI=1S/C43H39N/c1-42(2,3)34-22-20-33(28-44)39(27-34)38-19-13-18-31-26-32(21-23-35(31)38)37-25-24-36(29-14-9-7-10-15-29)40(41(37)43(4,5)6)30-16-11-8-12-17-30/h7-27H,1-6H3. The van der Waals surface area contributed by atoms with Crippen molar-refractivity contribution < 1.29 is 0 Å². The molecule has 1 nitrogen and oxygen atoms in total. The van der Waals surface area contributed by atoms with E-state index in [1.807, 2.05) is 6.07 Å². The third-order valence-electron chi connectivity index (χ3n) is 8.59. The molecule has 0 amide bonds. The van der Waals surface area contributed by atoms with E-state index >= 15 is 0 Å². The summed E-state index contributed by atoms with van der Waals surface area (Å²) >= 11 is 0. The monoisotopic (exact) mass is 569 g/mol. The zero-order valence-corrected chi connectivity index (χ0v) is 26.6. The lowest BCUT2D eigenvalue weighted by Crippen LogP contribution is -2.15. The third kappa shape index (κ3) is 5.45. The lowest BCUT2D eigenvalue weighted by molar-refractivity contribution is 0.590. The fraction of sp³-hybridized carbons (Fsp3) is 0.186. The highest BCUT2D eigenvalue weighted by Gasteiger charge is 2.26. The first-order chi connectivity index (χ1) is 21.1. The van der Waals surface area contributed by atoms with Crippen LogP contribution >= 0.6 is 0 Å². The van der Waals surface area contributed by atoms with E-state index in [4.69, 9.17) is 0 Å². The molecule has 0 aliphatic rings. The summed E-state index contributed by atoms with van der Waals surface area (Å²) < 4.78 is 0. The molecule has 0 aromatic heterocycles. The molecule has 0 heterocycles. The smallest absolute Gasteiger partial charge is 0.0998 e. The molecule has 0 saturated carbocycles. The minimum atomic E-state index is -0.114. The Hall–Kier alpha value is -4.93. The number of fused-ring (bicyclic) bond motifs is 1. The molecule has 6 rings (SSSR count). The Morgan fingerprint density at radius 1 is 0.477 bits per heavy atom. The molecule has 216 valence electrons. The molecule has 0 saturated heterocycles. The molecule has 1 heteroatoms. The highest BCUT2D eigenvalue weighted by Crippen LogP contribution is 2.46. The van der Waals surface area contributed by atoms with Crippen molar-refractivity contribution in [3.63, 3.8) is 0 Å². The molecule has 0 aliphatic heterocycles. The normalized spacial score (nSPS) is 11.8. The van der Waals surface area contributed by atoms with E-state index in [1.165, 1.54) is 49.9 Å². The van der Waals surface area contributed by atoms with Crippen molar-refractivity contribution in [2.75, 3.05) is 0 Å². The summed E-state index contributed by atoms with van der Waals surface area (Å²) in [6, 6.07) is 48.1. The Bertz CT molecular complexity index is 2010. The summed E-state index contributed by atoms with van der Waals surface area (Å²) in [5, 5.41) is 12.3. The van der Waals surface area contributed by atoms with Gasteiger partial charge in [0.2, 0.25) is 0 Å². The summed E-state index contributed by atoms with van der Waals surface area (Å²) in [4.78, 5) is 0. The summed E-state index contributed by atoms with van der Waals surface area (Å²) in [5.74, 6) is 0. The van der Waals surface area contributed by atoms with Gasteiger partial charge in [-0.05, 0) is 89.9 Å². The number of nitriles is 1. The highest BCUT2D eigenvalue weighted by atomic mass is 14.3. The topological polar surface area (TPSA) is 23.8 Å². The summed E-state index contributed by atoms with van der Waals surface area (Å²) in [5.41, 5.74) is 12.6. The summed E-state index contributed by atoms with van der Waals surface area (Å²) in [6.07, 6.45) is 0. The Morgan fingerprint density at radius 3 is 1.77 bits per heavy atom. The first kappa shape index (κ1) is 29.2. The first-order valence-electron chi connectivity index (χ1n) is 15.4. The summed E-state index contributed by atoms with van der Waals surface area (Å²) in [6.45, 7) is 13.6. The first-order valence-corrected chi connectivity index (χ1v) is 15.4. The fourth-order valence-corrected chi connectivity index (χ4v) is 6.40. The maximum absolute atomic E-state index is 10.0. The van der Waals surface area contributed by atoms with Gasteiger partial charge in [0.25, 0.3) is 0 Å². The molecule has 0 radical (unpaired) electrons. The largest absolute Gasteiger partial charge is 0.192 e. The Labute approximate surface area is 262 Å². The lowest BCUT2D eigenvalue weighted by Gasteiger charge is -2.29. The lowest BCUT2D eigenvalue weighted by atomic mass is 9.74. The average molecular weight is 570 g/mol. The SMILES string of the molecule is CC(C)(C)c1ccc(C#N)c(-c2cccc3cc(-c4ccc(-c5ccccc5)c(-c5ccccc5)c4C(C)(C)C)ccc23)c1. The number of benzene rings is 6. The zero-order chi connectivity index (χ0) is 31.1. The van der Waals surface area contributed by atoms with Crippen molar-refractivity contribution in [3.8, 4) is 50.6 Å². The minimum Gasteiger partial charge on any atom is -0.192 e. The van der Waals surface area contributed by atoms with Gasteiger partial charge in [-0.15, -0.1) is 0 Å². The zero-order valence-electron chi connectivity index (χ0n) is 26.6. The van der Waals surface area contributed by atoms with Crippen molar-refractivity contribution >= 4 is 10.8 Å². The van der Waals surface area contributed by atoms with Crippen molar-refractivity contribution in [1.82, 2.24) is 0 Å². The van der Waals surface area contributed by atoms with Gasteiger partial charge in [-0.3, -0.25) is 0 Å². The number of nitrogens with zero attached hydrogens (tertiary/aromatic N) is 1. The van der Waals surface area contributed by atoms with Crippen molar-refractivity contribution in [2.24, 2.45) is 0 Å². The van der Waals surface area contributed by atoms with Crippen molar-refractivity contribution in [2.45, 2.75) is 52.4 Å². The number of hydrogen-bond donors (Lipinski definition) is 0. The molecule has 0 spiro atoms. The van der Waals surface area contributed by atoms with Gasteiger partial charge in [-0.1, -0.05) is 151 Å². The average Bonchev–Trinajstić information content (AvgIpc) is 3.03. The van der Waals surface area contributed by atoms with Crippen LogP contribution < -0.4 is 0 Å². The molecular formula is C43H39N. The van der Waals surface area contributed by atoms with Gasteiger partial charge in [0, 0.05) is 5.56 Å². The van der Waals surface area contributed by atoms with Crippen LogP contribution in [0.5, 0.6) is 0 Å². The molecule has 0 bridgehead atoms. The van der Waals surface area contributed by atoms with Gasteiger partial charge >= 0.3 is 0 Å². The van der Waals surface area contributed by atoms with Gasteiger partial charge in [0.15, 0.2) is 0 Å². The van der Waals surface area contributed by atoms with Crippen LogP contribution in [0.25, 0.3) is 55.3 Å². The van der Waals surface area contributed by atoms with Crippen LogP contribution in [0.15, 0.2) is 127 Å².